The van der Waals surface area contributed by atoms with E-state index in [0.717, 1.165) is 16.8 Å². The van der Waals surface area contributed by atoms with E-state index in [-0.39, 0.29) is 5.91 Å². The summed E-state index contributed by atoms with van der Waals surface area (Å²) in [5.74, 6) is 1.85. The van der Waals surface area contributed by atoms with Crippen LogP contribution in [0, 0.1) is 6.92 Å². The number of ether oxygens (including phenoxy) is 2. The third-order valence-corrected chi connectivity index (χ3v) is 6.97. The Kier molecular flexibility index (Phi) is 7.04. The van der Waals surface area contributed by atoms with Crippen molar-refractivity contribution in [2.45, 2.75) is 30.0 Å². The van der Waals surface area contributed by atoms with Gasteiger partial charge in [-0.2, -0.15) is 0 Å². The maximum atomic E-state index is 13.5. The summed E-state index contributed by atoms with van der Waals surface area (Å²) in [5, 5.41) is 12.0. The number of carbonyl (C=O) groups excluding carboxylic acids is 1. The minimum Gasteiger partial charge on any atom is -0.485 e. The third-order valence-electron chi connectivity index (χ3n) is 5.74. The topological polar surface area (TPSA) is 78.3 Å². The van der Waals surface area contributed by atoms with Crippen LogP contribution in [-0.4, -0.2) is 27.3 Å². The van der Waals surface area contributed by atoms with Crippen molar-refractivity contribution in [2.24, 2.45) is 0 Å². The van der Waals surface area contributed by atoms with Crippen LogP contribution in [-0.2, 0) is 11.3 Å². The van der Waals surface area contributed by atoms with E-state index >= 15 is 0 Å². The van der Waals surface area contributed by atoms with Crippen molar-refractivity contribution in [1.29, 1.82) is 0 Å². The molecule has 0 unspecified atom stereocenters. The van der Waals surface area contributed by atoms with Crippen LogP contribution in [0.25, 0.3) is 0 Å². The number of hydrogen-bond acceptors (Lipinski definition) is 6. The molecule has 4 aromatic rings. The second kappa shape index (κ2) is 10.7. The molecular weight excluding hydrogens is 472 g/mol. The second-order valence-corrected chi connectivity index (χ2v) is 9.44. The standard InChI is InChI=1S/C28H26N4O3S/c1-3-17-32-26(24-18-34-22-11-7-8-12-23(22)35-24)30-31-28(32)36-25(20-9-5-4-6-10-20)27(33)29-21-15-13-19(2)14-16-21/h3-16,24-25H,1,17-18H2,2H3,(H,29,33)/t24-,25-/m1/s1. The van der Waals surface area contributed by atoms with Gasteiger partial charge in [-0.1, -0.05) is 78.0 Å². The lowest BCUT2D eigenvalue weighted by molar-refractivity contribution is -0.115. The summed E-state index contributed by atoms with van der Waals surface area (Å²) in [7, 11) is 0. The van der Waals surface area contributed by atoms with Crippen LogP contribution in [0.2, 0.25) is 0 Å². The molecule has 2 heterocycles. The lowest BCUT2D eigenvalue weighted by atomic mass is 10.1. The molecule has 7 nitrogen and oxygen atoms in total. The first-order chi connectivity index (χ1) is 17.6. The van der Waals surface area contributed by atoms with Crippen LogP contribution in [0.5, 0.6) is 11.5 Å². The van der Waals surface area contributed by atoms with Gasteiger partial charge in [0.2, 0.25) is 5.91 Å². The van der Waals surface area contributed by atoms with E-state index in [1.165, 1.54) is 11.8 Å². The van der Waals surface area contributed by atoms with Gasteiger partial charge in [0.15, 0.2) is 28.6 Å². The summed E-state index contributed by atoms with van der Waals surface area (Å²) >= 11 is 1.34. The lowest BCUT2D eigenvalue weighted by Gasteiger charge is -2.26. The van der Waals surface area contributed by atoms with Gasteiger partial charge in [-0.15, -0.1) is 16.8 Å². The Morgan fingerprint density at radius 3 is 2.56 bits per heavy atom. The van der Waals surface area contributed by atoms with Gasteiger partial charge in [-0.05, 0) is 36.8 Å². The van der Waals surface area contributed by atoms with Crippen molar-refractivity contribution >= 4 is 23.4 Å². The average Bonchev–Trinajstić information content (AvgIpc) is 3.31. The van der Waals surface area contributed by atoms with Crippen LogP contribution in [0.1, 0.15) is 28.3 Å². The maximum absolute atomic E-state index is 13.5. The highest BCUT2D eigenvalue weighted by Crippen LogP contribution is 2.39. The average molecular weight is 499 g/mol. The van der Waals surface area contributed by atoms with E-state index in [2.05, 4.69) is 22.1 Å². The number of thioether (sulfide) groups is 1. The number of anilines is 1. The Labute approximate surface area is 214 Å². The number of carbonyl (C=O) groups is 1. The second-order valence-electron chi connectivity index (χ2n) is 8.37. The van der Waals surface area contributed by atoms with Crippen molar-refractivity contribution in [1.82, 2.24) is 14.8 Å². The van der Waals surface area contributed by atoms with Crippen molar-refractivity contribution in [3.63, 3.8) is 0 Å². The minimum absolute atomic E-state index is 0.143. The first-order valence-corrected chi connectivity index (χ1v) is 12.5. The molecule has 0 bridgehead atoms. The summed E-state index contributed by atoms with van der Waals surface area (Å²) in [4.78, 5) is 13.5. The summed E-state index contributed by atoms with van der Waals surface area (Å²) in [6.45, 7) is 6.69. The molecule has 3 aromatic carbocycles. The van der Waals surface area contributed by atoms with Gasteiger partial charge in [0.25, 0.3) is 0 Å². The Morgan fingerprint density at radius 1 is 1.08 bits per heavy atom. The number of nitrogens with zero attached hydrogens (tertiary/aromatic N) is 3. The summed E-state index contributed by atoms with van der Waals surface area (Å²) in [6.07, 6.45) is 1.34. The Balaban J connectivity index is 1.43. The van der Waals surface area contributed by atoms with Gasteiger partial charge in [-0.25, -0.2) is 0 Å². The molecule has 0 spiro atoms. The number of aromatic nitrogens is 3. The summed E-state index contributed by atoms with van der Waals surface area (Å²) in [6, 6.07) is 24.9. The monoisotopic (exact) mass is 498 g/mol. The lowest BCUT2D eigenvalue weighted by Crippen LogP contribution is -2.25. The number of rotatable bonds is 8. The van der Waals surface area contributed by atoms with E-state index < -0.39 is 11.4 Å². The molecule has 0 saturated carbocycles. The first kappa shape index (κ1) is 23.7. The molecule has 36 heavy (non-hydrogen) atoms. The normalized spacial score (nSPS) is 15.2. The molecule has 1 aliphatic rings. The predicted molar refractivity (Wildman–Crippen MR) is 140 cm³/mol. The SMILES string of the molecule is C=CCn1c(S[C@@H](C(=O)Nc2ccc(C)cc2)c2ccccc2)nnc1[C@H]1COc2ccccc2O1. The predicted octanol–water partition coefficient (Wildman–Crippen LogP) is 5.76. The molecule has 2 atom stereocenters. The van der Waals surface area contributed by atoms with E-state index in [1.807, 2.05) is 90.4 Å². The highest BCUT2D eigenvalue weighted by atomic mass is 32.2. The molecule has 1 aliphatic heterocycles. The molecule has 0 fully saturated rings. The Hall–Kier alpha value is -4.04. The quantitative estimate of drug-likeness (QED) is 0.246. The molecule has 1 N–H and O–H groups in total. The summed E-state index contributed by atoms with van der Waals surface area (Å²) in [5.41, 5.74) is 2.74. The highest BCUT2D eigenvalue weighted by Gasteiger charge is 2.31. The van der Waals surface area contributed by atoms with Gasteiger partial charge in [0.05, 0.1) is 0 Å². The molecule has 1 amide bonds. The molecule has 8 heteroatoms. The zero-order valence-corrected chi connectivity index (χ0v) is 20.7. The van der Waals surface area contributed by atoms with Gasteiger partial charge < -0.3 is 14.8 Å². The summed E-state index contributed by atoms with van der Waals surface area (Å²) < 4.78 is 14.0. The van der Waals surface area contributed by atoms with E-state index in [1.54, 1.807) is 6.08 Å². The molecule has 0 aliphatic carbocycles. The largest absolute Gasteiger partial charge is 0.485 e. The van der Waals surface area contributed by atoms with Crippen LogP contribution >= 0.6 is 11.8 Å². The zero-order valence-electron chi connectivity index (χ0n) is 19.8. The van der Waals surface area contributed by atoms with Crippen molar-refractivity contribution in [3.8, 4) is 11.5 Å². The van der Waals surface area contributed by atoms with Crippen LogP contribution in [0.15, 0.2) is 96.7 Å². The van der Waals surface area contributed by atoms with Crippen LogP contribution in [0.4, 0.5) is 5.69 Å². The van der Waals surface area contributed by atoms with Gasteiger partial charge in [-0.3, -0.25) is 9.36 Å². The minimum atomic E-state index is -0.544. The zero-order chi connectivity index (χ0) is 24.9. The smallest absolute Gasteiger partial charge is 0.242 e. The Morgan fingerprint density at radius 2 is 1.81 bits per heavy atom. The van der Waals surface area contributed by atoms with Crippen LogP contribution < -0.4 is 14.8 Å². The van der Waals surface area contributed by atoms with Crippen molar-refractivity contribution < 1.29 is 14.3 Å². The number of benzene rings is 3. The van der Waals surface area contributed by atoms with Crippen molar-refractivity contribution in [3.05, 3.63) is 108 Å². The first-order valence-electron chi connectivity index (χ1n) is 11.6. The number of allylic oxidation sites excluding steroid dienone is 1. The number of para-hydroxylation sites is 2. The number of nitrogens with one attached hydrogen (secondary N) is 1. The third kappa shape index (κ3) is 5.13. The van der Waals surface area contributed by atoms with Gasteiger partial charge in [0, 0.05) is 12.2 Å². The fraction of sp³-hybridized carbons (Fsp3) is 0.179. The maximum Gasteiger partial charge on any atom is 0.242 e. The van der Waals surface area contributed by atoms with Crippen molar-refractivity contribution in [2.75, 3.05) is 11.9 Å². The molecule has 0 saturated heterocycles. The van der Waals surface area contributed by atoms with Gasteiger partial charge in [0.1, 0.15) is 11.9 Å². The number of amides is 1. The van der Waals surface area contributed by atoms with E-state index in [9.17, 15) is 4.79 Å². The number of aryl methyl sites for hydroxylation is 1. The number of fused-ring (bicyclic) bond motifs is 1. The molecule has 0 radical (unpaired) electrons. The molecule has 1 aromatic heterocycles. The van der Waals surface area contributed by atoms with Gasteiger partial charge >= 0.3 is 0 Å². The Bertz CT molecular complexity index is 1350. The van der Waals surface area contributed by atoms with E-state index in [0.29, 0.717) is 35.6 Å². The molecule has 182 valence electrons. The fourth-order valence-electron chi connectivity index (χ4n) is 3.92. The van der Waals surface area contributed by atoms with Crippen LogP contribution in [0.3, 0.4) is 0 Å². The molecular formula is C28H26N4O3S. The van der Waals surface area contributed by atoms with E-state index in [4.69, 9.17) is 9.47 Å². The fourth-order valence-corrected chi connectivity index (χ4v) is 4.98. The molecule has 5 rings (SSSR count). The number of hydrogen-bond donors (Lipinski definition) is 1. The highest BCUT2D eigenvalue weighted by molar-refractivity contribution is 8.00.